The molecule has 37 heavy (non-hydrogen) atoms. The number of ether oxygens (including phenoxy) is 1. The largest absolute Gasteiger partial charge is 0.489 e. The summed E-state index contributed by atoms with van der Waals surface area (Å²) in [6.45, 7) is 12.5. The van der Waals surface area contributed by atoms with E-state index in [0.29, 0.717) is 12.3 Å². The number of nitrogens with zero attached hydrogens (tertiary/aromatic N) is 2. The lowest BCUT2D eigenvalue weighted by Crippen LogP contribution is -2.05. The SMILES string of the molecule is CC.CC.Cc1cccc(OCc2ccccc2)c1.Cc1cnc(Nc2cccc(C(F)(F)F)c2)nc1. The number of benzene rings is 3. The van der Waals surface area contributed by atoms with Crippen LogP contribution in [0.15, 0.2) is 91.3 Å². The summed E-state index contributed by atoms with van der Waals surface area (Å²) in [5.74, 6) is 1.19. The van der Waals surface area contributed by atoms with Crippen molar-refractivity contribution >= 4 is 11.6 Å². The second-order valence-corrected chi connectivity index (χ2v) is 7.38. The number of rotatable bonds is 5. The Morgan fingerprint density at radius 2 is 1.35 bits per heavy atom. The van der Waals surface area contributed by atoms with Crippen LogP contribution in [0.3, 0.4) is 0 Å². The third kappa shape index (κ3) is 12.1. The summed E-state index contributed by atoms with van der Waals surface area (Å²) in [5, 5.41) is 2.72. The average molecular weight is 512 g/mol. The molecule has 4 rings (SSSR count). The monoisotopic (exact) mass is 511 g/mol. The van der Waals surface area contributed by atoms with Crippen molar-refractivity contribution < 1.29 is 17.9 Å². The van der Waals surface area contributed by atoms with Gasteiger partial charge in [0.1, 0.15) is 12.4 Å². The number of anilines is 2. The predicted molar refractivity (Wildman–Crippen MR) is 146 cm³/mol. The van der Waals surface area contributed by atoms with E-state index in [1.165, 1.54) is 23.3 Å². The molecule has 1 aromatic heterocycles. The quantitative estimate of drug-likeness (QED) is 0.290. The van der Waals surface area contributed by atoms with Crippen molar-refractivity contribution in [3.05, 3.63) is 114 Å². The lowest BCUT2D eigenvalue weighted by molar-refractivity contribution is -0.137. The molecule has 0 bridgehead atoms. The van der Waals surface area contributed by atoms with Crippen LogP contribution in [0.4, 0.5) is 24.8 Å². The molecule has 0 amide bonds. The fourth-order valence-corrected chi connectivity index (χ4v) is 2.81. The van der Waals surface area contributed by atoms with Crippen LogP contribution in [-0.4, -0.2) is 9.97 Å². The second-order valence-electron chi connectivity index (χ2n) is 7.38. The zero-order chi connectivity index (χ0) is 27.7. The van der Waals surface area contributed by atoms with Gasteiger partial charge in [0.25, 0.3) is 0 Å². The molecule has 0 aliphatic heterocycles. The minimum absolute atomic E-state index is 0.264. The summed E-state index contributed by atoms with van der Waals surface area (Å²) in [5.41, 5.74) is 2.89. The van der Waals surface area contributed by atoms with Crippen molar-refractivity contribution in [1.29, 1.82) is 0 Å². The first kappa shape index (κ1) is 31.2. The number of aromatic nitrogens is 2. The Bertz CT molecular complexity index is 1150. The fraction of sp³-hybridized carbons (Fsp3) is 0.267. The van der Waals surface area contributed by atoms with Crippen molar-refractivity contribution in [2.45, 2.75) is 54.3 Å². The van der Waals surface area contributed by atoms with Crippen LogP contribution in [-0.2, 0) is 12.8 Å². The van der Waals surface area contributed by atoms with Crippen LogP contribution in [0.5, 0.6) is 5.75 Å². The third-order valence-electron chi connectivity index (χ3n) is 4.46. The van der Waals surface area contributed by atoms with Crippen molar-refractivity contribution in [3.63, 3.8) is 0 Å². The smallest absolute Gasteiger partial charge is 0.416 e. The molecule has 198 valence electrons. The van der Waals surface area contributed by atoms with Gasteiger partial charge in [0, 0.05) is 18.1 Å². The normalized spacial score (nSPS) is 9.86. The molecular weight excluding hydrogens is 475 g/mol. The number of aryl methyl sites for hydroxylation is 2. The Balaban J connectivity index is 0.000000330. The Morgan fingerprint density at radius 3 is 1.95 bits per heavy atom. The molecule has 0 atom stereocenters. The van der Waals surface area contributed by atoms with Crippen molar-refractivity contribution in [2.24, 2.45) is 0 Å². The van der Waals surface area contributed by atoms with E-state index in [1.54, 1.807) is 12.4 Å². The minimum Gasteiger partial charge on any atom is -0.489 e. The summed E-state index contributed by atoms with van der Waals surface area (Å²) in [7, 11) is 0. The number of hydrogen-bond acceptors (Lipinski definition) is 4. The molecule has 4 aromatic rings. The van der Waals surface area contributed by atoms with E-state index in [2.05, 4.69) is 40.4 Å². The highest BCUT2D eigenvalue weighted by atomic mass is 19.4. The molecule has 0 saturated heterocycles. The van der Waals surface area contributed by atoms with Gasteiger partial charge >= 0.3 is 6.18 Å². The van der Waals surface area contributed by atoms with Gasteiger partial charge in [0.2, 0.25) is 5.95 Å². The van der Waals surface area contributed by atoms with Gasteiger partial charge in [-0.25, -0.2) is 9.97 Å². The van der Waals surface area contributed by atoms with Crippen LogP contribution < -0.4 is 10.1 Å². The first-order valence-electron chi connectivity index (χ1n) is 12.3. The first-order chi connectivity index (χ1) is 17.8. The molecule has 0 spiro atoms. The average Bonchev–Trinajstić information content (AvgIpc) is 2.92. The van der Waals surface area contributed by atoms with Crippen LogP contribution in [0.2, 0.25) is 0 Å². The summed E-state index contributed by atoms with van der Waals surface area (Å²) in [6, 6.07) is 23.2. The highest BCUT2D eigenvalue weighted by Gasteiger charge is 2.30. The van der Waals surface area contributed by atoms with E-state index in [0.717, 1.165) is 23.4 Å². The maximum Gasteiger partial charge on any atom is 0.416 e. The summed E-state index contributed by atoms with van der Waals surface area (Å²) in [4.78, 5) is 7.92. The molecule has 7 heteroatoms. The zero-order valence-corrected chi connectivity index (χ0v) is 22.3. The maximum absolute atomic E-state index is 12.5. The molecular formula is C30H36F3N3O. The van der Waals surface area contributed by atoms with Crippen LogP contribution in [0.1, 0.15) is 49.9 Å². The van der Waals surface area contributed by atoms with E-state index in [9.17, 15) is 13.2 Å². The van der Waals surface area contributed by atoms with E-state index < -0.39 is 11.7 Å². The summed E-state index contributed by atoms with van der Waals surface area (Å²) in [6.07, 6.45) is -1.18. The summed E-state index contributed by atoms with van der Waals surface area (Å²) < 4.78 is 43.2. The molecule has 3 aromatic carbocycles. The second kappa shape index (κ2) is 16.7. The first-order valence-corrected chi connectivity index (χ1v) is 12.3. The van der Waals surface area contributed by atoms with E-state index in [-0.39, 0.29) is 5.95 Å². The van der Waals surface area contributed by atoms with Crippen LogP contribution in [0, 0.1) is 13.8 Å². The molecule has 0 unspecified atom stereocenters. The van der Waals surface area contributed by atoms with Gasteiger partial charge in [0.05, 0.1) is 5.56 Å². The van der Waals surface area contributed by atoms with Crippen molar-refractivity contribution in [1.82, 2.24) is 9.97 Å². The number of halogens is 3. The highest BCUT2D eigenvalue weighted by Crippen LogP contribution is 2.31. The van der Waals surface area contributed by atoms with Crippen LogP contribution >= 0.6 is 0 Å². The number of nitrogens with one attached hydrogen (secondary N) is 1. The summed E-state index contributed by atoms with van der Waals surface area (Å²) >= 11 is 0. The van der Waals surface area contributed by atoms with Gasteiger partial charge in [-0.15, -0.1) is 0 Å². The van der Waals surface area contributed by atoms with Crippen molar-refractivity contribution in [3.8, 4) is 5.75 Å². The van der Waals surface area contributed by atoms with Gasteiger partial charge < -0.3 is 10.1 Å². The molecule has 4 nitrogen and oxygen atoms in total. The van der Waals surface area contributed by atoms with Gasteiger partial charge in [-0.3, -0.25) is 0 Å². The highest BCUT2D eigenvalue weighted by molar-refractivity contribution is 5.54. The molecule has 1 N–H and O–H groups in total. The predicted octanol–water partition coefficient (Wildman–Crippen LogP) is 9.17. The van der Waals surface area contributed by atoms with Gasteiger partial charge in [-0.1, -0.05) is 76.2 Å². The minimum atomic E-state index is -4.36. The Kier molecular flexibility index (Phi) is 14.1. The van der Waals surface area contributed by atoms with Crippen LogP contribution in [0.25, 0.3) is 0 Å². The third-order valence-corrected chi connectivity index (χ3v) is 4.46. The van der Waals surface area contributed by atoms with E-state index >= 15 is 0 Å². The Hall–Kier alpha value is -3.87. The number of alkyl halides is 3. The number of hydrogen-bond donors (Lipinski definition) is 1. The van der Waals surface area contributed by atoms with Gasteiger partial charge in [-0.05, 0) is 60.9 Å². The standard InChI is InChI=1S/C14H14O.C12H10F3N3.2C2H6/c1-12-6-5-9-14(10-12)15-11-13-7-3-2-4-8-13;1-8-6-16-11(17-7-8)18-10-4-2-3-9(5-10)12(13,14)15;2*1-2/h2-10H,11H2,1H3;2-7H,1H3,(H,16,17,18);2*1-2H3. The molecule has 0 fully saturated rings. The zero-order valence-electron chi connectivity index (χ0n) is 22.3. The van der Waals surface area contributed by atoms with Crippen molar-refractivity contribution in [2.75, 3.05) is 5.32 Å². The van der Waals surface area contributed by atoms with Gasteiger partial charge in [0.15, 0.2) is 0 Å². The molecule has 0 aliphatic rings. The topological polar surface area (TPSA) is 47.0 Å². The molecule has 0 aliphatic carbocycles. The lowest BCUT2D eigenvalue weighted by atomic mass is 10.2. The molecule has 1 heterocycles. The fourth-order valence-electron chi connectivity index (χ4n) is 2.81. The lowest BCUT2D eigenvalue weighted by Gasteiger charge is -2.09. The maximum atomic E-state index is 12.5. The molecule has 0 radical (unpaired) electrons. The van der Waals surface area contributed by atoms with Gasteiger partial charge in [-0.2, -0.15) is 13.2 Å². The Labute approximate surface area is 218 Å². The molecule has 0 saturated carbocycles. The Morgan fingerprint density at radius 1 is 0.730 bits per heavy atom. The van der Waals surface area contributed by atoms with E-state index in [4.69, 9.17) is 4.74 Å². The van der Waals surface area contributed by atoms with E-state index in [1.807, 2.05) is 71.0 Å².